The van der Waals surface area contributed by atoms with E-state index in [4.69, 9.17) is 14.2 Å². The van der Waals surface area contributed by atoms with Crippen molar-refractivity contribution in [1.29, 1.82) is 0 Å². The highest BCUT2D eigenvalue weighted by molar-refractivity contribution is 9.09. The molecule has 0 N–H and O–H groups in total. The van der Waals surface area contributed by atoms with Crippen LogP contribution in [0.3, 0.4) is 0 Å². The third kappa shape index (κ3) is 3.16. The summed E-state index contributed by atoms with van der Waals surface area (Å²) < 4.78 is 17.3. The van der Waals surface area contributed by atoms with Gasteiger partial charge in [0.15, 0.2) is 0 Å². The van der Waals surface area contributed by atoms with E-state index in [0.717, 1.165) is 57.1 Å². The summed E-state index contributed by atoms with van der Waals surface area (Å²) in [6.07, 6.45) is 6.72. The van der Waals surface area contributed by atoms with Crippen molar-refractivity contribution in [2.24, 2.45) is 0 Å². The van der Waals surface area contributed by atoms with Gasteiger partial charge in [0, 0.05) is 11.8 Å². The molecule has 2 aliphatic rings. The van der Waals surface area contributed by atoms with Gasteiger partial charge in [-0.3, -0.25) is 0 Å². The lowest BCUT2D eigenvalue weighted by Gasteiger charge is -2.42. The van der Waals surface area contributed by atoms with Gasteiger partial charge in [0.2, 0.25) is 0 Å². The molecule has 4 heteroatoms. The van der Waals surface area contributed by atoms with Crippen LogP contribution in [0.2, 0.25) is 0 Å². The summed E-state index contributed by atoms with van der Waals surface area (Å²) in [6, 6.07) is 0. The van der Waals surface area contributed by atoms with Crippen LogP contribution in [0.4, 0.5) is 0 Å². The van der Waals surface area contributed by atoms with Crippen molar-refractivity contribution >= 4 is 15.9 Å². The summed E-state index contributed by atoms with van der Waals surface area (Å²) in [7, 11) is 0. The highest BCUT2D eigenvalue weighted by Gasteiger charge is 2.40. The summed E-state index contributed by atoms with van der Waals surface area (Å²) in [5.41, 5.74) is 0. The molecule has 3 nitrogen and oxygen atoms in total. The standard InChI is InChI=1S/C11H19BrO3/c12-7-3-4-10-5-9-14-11(15-10)6-1-2-8-13-11/h10H,1-9H2. The smallest absolute Gasteiger partial charge is 0.283 e. The first kappa shape index (κ1) is 11.8. The molecule has 2 saturated heterocycles. The Balaban J connectivity index is 1.85. The number of hydrogen-bond donors (Lipinski definition) is 0. The molecular formula is C11H19BrO3. The van der Waals surface area contributed by atoms with Crippen LogP contribution in [0, 0.1) is 0 Å². The van der Waals surface area contributed by atoms with Gasteiger partial charge in [-0.2, -0.15) is 0 Å². The van der Waals surface area contributed by atoms with E-state index in [1.165, 1.54) is 0 Å². The fraction of sp³-hybridized carbons (Fsp3) is 1.00. The van der Waals surface area contributed by atoms with Crippen molar-refractivity contribution < 1.29 is 14.2 Å². The van der Waals surface area contributed by atoms with E-state index in [1.54, 1.807) is 0 Å². The van der Waals surface area contributed by atoms with E-state index in [2.05, 4.69) is 15.9 Å². The molecule has 2 unspecified atom stereocenters. The predicted octanol–water partition coefficient (Wildman–Crippen LogP) is 2.82. The van der Waals surface area contributed by atoms with Crippen LogP contribution in [0.15, 0.2) is 0 Å². The van der Waals surface area contributed by atoms with Crippen molar-refractivity contribution in [3.63, 3.8) is 0 Å². The van der Waals surface area contributed by atoms with Gasteiger partial charge in [-0.1, -0.05) is 15.9 Å². The first-order valence-corrected chi connectivity index (χ1v) is 6.98. The zero-order valence-corrected chi connectivity index (χ0v) is 10.6. The largest absolute Gasteiger partial charge is 0.327 e. The molecule has 2 fully saturated rings. The molecule has 1 spiro atoms. The molecule has 2 heterocycles. The van der Waals surface area contributed by atoms with E-state index in [9.17, 15) is 0 Å². The van der Waals surface area contributed by atoms with Crippen molar-refractivity contribution in [2.45, 2.75) is 50.6 Å². The van der Waals surface area contributed by atoms with Gasteiger partial charge in [-0.25, -0.2) is 0 Å². The maximum Gasteiger partial charge on any atom is 0.283 e. The van der Waals surface area contributed by atoms with Crippen molar-refractivity contribution in [3.8, 4) is 0 Å². The lowest BCUT2D eigenvalue weighted by atomic mass is 10.1. The fourth-order valence-electron chi connectivity index (χ4n) is 2.15. The Morgan fingerprint density at radius 3 is 2.80 bits per heavy atom. The van der Waals surface area contributed by atoms with Crippen LogP contribution in [-0.2, 0) is 14.2 Å². The van der Waals surface area contributed by atoms with Gasteiger partial charge in [-0.15, -0.1) is 0 Å². The first-order chi connectivity index (χ1) is 7.35. The van der Waals surface area contributed by atoms with Crippen LogP contribution in [-0.4, -0.2) is 30.6 Å². The van der Waals surface area contributed by atoms with Crippen LogP contribution in [0.1, 0.15) is 38.5 Å². The third-order valence-electron chi connectivity index (χ3n) is 2.97. The van der Waals surface area contributed by atoms with Gasteiger partial charge in [0.05, 0.1) is 19.3 Å². The fourth-order valence-corrected chi connectivity index (χ4v) is 2.47. The second kappa shape index (κ2) is 5.62. The topological polar surface area (TPSA) is 27.7 Å². The van der Waals surface area contributed by atoms with Gasteiger partial charge < -0.3 is 14.2 Å². The summed E-state index contributed by atoms with van der Waals surface area (Å²) in [5, 5.41) is 1.04. The Hall–Kier alpha value is 0.360. The SMILES string of the molecule is BrCCCC1CCOC2(CCCCO2)O1. The lowest BCUT2D eigenvalue weighted by Crippen LogP contribution is -2.48. The molecule has 0 aromatic heterocycles. The zero-order chi connectivity index (χ0) is 10.6. The minimum absolute atomic E-state index is 0.314. The predicted molar refractivity (Wildman–Crippen MR) is 61.0 cm³/mol. The van der Waals surface area contributed by atoms with E-state index >= 15 is 0 Å². The molecule has 0 aromatic rings. The monoisotopic (exact) mass is 278 g/mol. The summed E-state index contributed by atoms with van der Waals surface area (Å²) >= 11 is 3.45. The molecule has 0 saturated carbocycles. The number of hydrogen-bond acceptors (Lipinski definition) is 3. The Morgan fingerprint density at radius 1 is 1.20 bits per heavy atom. The van der Waals surface area contributed by atoms with Gasteiger partial charge in [0.25, 0.3) is 5.97 Å². The average molecular weight is 279 g/mol. The Labute approximate surface area is 99.6 Å². The first-order valence-electron chi connectivity index (χ1n) is 5.86. The van der Waals surface area contributed by atoms with Crippen LogP contribution >= 0.6 is 15.9 Å². The number of alkyl halides is 1. The molecule has 0 aliphatic carbocycles. The molecule has 2 atom stereocenters. The molecule has 2 aliphatic heterocycles. The zero-order valence-electron chi connectivity index (χ0n) is 9.04. The van der Waals surface area contributed by atoms with Crippen LogP contribution < -0.4 is 0 Å². The third-order valence-corrected chi connectivity index (χ3v) is 3.53. The molecule has 88 valence electrons. The average Bonchev–Trinajstić information content (AvgIpc) is 2.28. The van der Waals surface area contributed by atoms with Crippen molar-refractivity contribution in [3.05, 3.63) is 0 Å². The normalized spacial score (nSPS) is 37.0. The van der Waals surface area contributed by atoms with Crippen molar-refractivity contribution in [1.82, 2.24) is 0 Å². The minimum atomic E-state index is -0.687. The minimum Gasteiger partial charge on any atom is -0.327 e. The quantitative estimate of drug-likeness (QED) is 0.743. The molecule has 0 radical (unpaired) electrons. The van der Waals surface area contributed by atoms with Gasteiger partial charge >= 0.3 is 0 Å². The summed E-state index contributed by atoms with van der Waals surface area (Å²) in [4.78, 5) is 0. The second-order valence-electron chi connectivity index (χ2n) is 4.20. The van der Waals surface area contributed by atoms with E-state index in [1.807, 2.05) is 0 Å². The molecular weight excluding hydrogens is 260 g/mol. The Morgan fingerprint density at radius 2 is 2.07 bits per heavy atom. The maximum atomic E-state index is 5.95. The van der Waals surface area contributed by atoms with E-state index in [0.29, 0.717) is 6.10 Å². The molecule has 0 aromatic carbocycles. The molecule has 15 heavy (non-hydrogen) atoms. The van der Waals surface area contributed by atoms with Gasteiger partial charge in [-0.05, 0) is 32.1 Å². The number of halogens is 1. The van der Waals surface area contributed by atoms with Gasteiger partial charge in [0.1, 0.15) is 0 Å². The van der Waals surface area contributed by atoms with Crippen molar-refractivity contribution in [2.75, 3.05) is 18.5 Å². The second-order valence-corrected chi connectivity index (χ2v) is 4.99. The number of ether oxygens (including phenoxy) is 3. The van der Waals surface area contributed by atoms with E-state index in [-0.39, 0.29) is 0 Å². The number of rotatable bonds is 3. The Kier molecular flexibility index (Phi) is 4.43. The van der Waals surface area contributed by atoms with Crippen LogP contribution in [0.25, 0.3) is 0 Å². The Bertz CT molecular complexity index is 187. The highest BCUT2D eigenvalue weighted by Crippen LogP contribution is 2.33. The summed E-state index contributed by atoms with van der Waals surface area (Å²) in [6.45, 7) is 1.54. The lowest BCUT2D eigenvalue weighted by molar-refractivity contribution is -0.426. The molecule has 0 amide bonds. The summed E-state index contributed by atoms with van der Waals surface area (Å²) in [5.74, 6) is -0.687. The van der Waals surface area contributed by atoms with E-state index < -0.39 is 5.97 Å². The highest BCUT2D eigenvalue weighted by atomic mass is 79.9. The maximum absolute atomic E-state index is 5.95. The molecule has 2 rings (SSSR count). The molecule has 0 bridgehead atoms. The van der Waals surface area contributed by atoms with Crippen LogP contribution in [0.5, 0.6) is 0 Å².